The molecule has 0 aliphatic rings. The maximum atomic E-state index is 10.4. The standard InChI is InChI=1S/C29H54O3/c1-2-3-4-5-6-16-19-22-25-28(30)26-23-20-17-14-12-10-8-7-9-11-13-15-18-21-24-27-29(31)32/h5-6,19,22,28,30H,2-4,7-18,20-21,23-27H2,1H3,(H,31,32). The van der Waals surface area contributed by atoms with E-state index in [-0.39, 0.29) is 6.10 Å². The number of aliphatic carboxylic acids is 1. The predicted octanol–water partition coefficient (Wildman–Crippen LogP) is 9.15. The fourth-order valence-electron chi connectivity index (χ4n) is 4.04. The van der Waals surface area contributed by atoms with Crippen molar-refractivity contribution in [1.29, 1.82) is 0 Å². The van der Waals surface area contributed by atoms with E-state index >= 15 is 0 Å². The highest BCUT2D eigenvalue weighted by atomic mass is 16.4. The van der Waals surface area contributed by atoms with Crippen molar-refractivity contribution in [3.8, 4) is 0 Å². The van der Waals surface area contributed by atoms with Gasteiger partial charge in [0.05, 0.1) is 6.10 Å². The molecular formula is C29H54O3. The molecule has 0 aromatic heterocycles. The molecule has 0 bridgehead atoms. The summed E-state index contributed by atoms with van der Waals surface area (Å²) in [7, 11) is 0. The number of allylic oxidation sites excluding steroid dienone is 3. The minimum Gasteiger partial charge on any atom is -0.481 e. The molecule has 0 aromatic carbocycles. The van der Waals surface area contributed by atoms with Gasteiger partial charge in [-0.15, -0.1) is 0 Å². The first-order chi connectivity index (χ1) is 15.7. The second-order valence-corrected chi connectivity index (χ2v) is 9.45. The van der Waals surface area contributed by atoms with E-state index in [0.29, 0.717) is 6.42 Å². The van der Waals surface area contributed by atoms with E-state index in [0.717, 1.165) is 38.5 Å². The van der Waals surface area contributed by atoms with E-state index in [2.05, 4.69) is 31.2 Å². The van der Waals surface area contributed by atoms with Crippen LogP contribution in [0.3, 0.4) is 0 Å². The maximum absolute atomic E-state index is 10.4. The van der Waals surface area contributed by atoms with Crippen molar-refractivity contribution in [2.24, 2.45) is 0 Å². The minimum absolute atomic E-state index is 0.167. The summed E-state index contributed by atoms with van der Waals surface area (Å²) < 4.78 is 0. The molecule has 0 rings (SSSR count). The monoisotopic (exact) mass is 450 g/mol. The average Bonchev–Trinajstić information content (AvgIpc) is 2.77. The molecule has 0 aromatic rings. The summed E-state index contributed by atoms with van der Waals surface area (Å²) in [6, 6.07) is 0. The number of carboxylic acid groups (broad SMARTS) is 1. The molecule has 0 heterocycles. The predicted molar refractivity (Wildman–Crippen MR) is 139 cm³/mol. The normalized spacial score (nSPS) is 12.8. The Morgan fingerprint density at radius 1 is 0.656 bits per heavy atom. The van der Waals surface area contributed by atoms with Crippen molar-refractivity contribution >= 4 is 5.97 Å². The third-order valence-electron chi connectivity index (χ3n) is 6.17. The van der Waals surface area contributed by atoms with Crippen molar-refractivity contribution in [1.82, 2.24) is 0 Å². The number of unbranched alkanes of at least 4 members (excludes halogenated alkanes) is 16. The molecule has 1 unspecified atom stereocenters. The van der Waals surface area contributed by atoms with Gasteiger partial charge in [0.25, 0.3) is 0 Å². The van der Waals surface area contributed by atoms with Crippen LogP contribution >= 0.6 is 0 Å². The van der Waals surface area contributed by atoms with Crippen LogP contribution < -0.4 is 0 Å². The van der Waals surface area contributed by atoms with Crippen molar-refractivity contribution in [2.45, 2.75) is 154 Å². The van der Waals surface area contributed by atoms with Crippen LogP contribution in [-0.2, 0) is 4.79 Å². The van der Waals surface area contributed by atoms with Crippen LogP contribution in [-0.4, -0.2) is 22.3 Å². The Kier molecular flexibility index (Phi) is 25.3. The number of aliphatic hydroxyl groups excluding tert-OH is 1. The molecule has 0 saturated carbocycles. The van der Waals surface area contributed by atoms with Crippen LogP contribution in [0.2, 0.25) is 0 Å². The lowest BCUT2D eigenvalue weighted by Gasteiger charge is -2.07. The van der Waals surface area contributed by atoms with E-state index < -0.39 is 5.97 Å². The van der Waals surface area contributed by atoms with Crippen molar-refractivity contribution in [3.63, 3.8) is 0 Å². The van der Waals surface area contributed by atoms with Gasteiger partial charge in [0.2, 0.25) is 0 Å². The third-order valence-corrected chi connectivity index (χ3v) is 6.17. The van der Waals surface area contributed by atoms with Gasteiger partial charge < -0.3 is 10.2 Å². The molecule has 0 fully saturated rings. The number of carboxylic acids is 1. The van der Waals surface area contributed by atoms with Crippen molar-refractivity contribution in [3.05, 3.63) is 24.3 Å². The molecule has 1 atom stereocenters. The zero-order valence-corrected chi connectivity index (χ0v) is 21.2. The van der Waals surface area contributed by atoms with Crippen LogP contribution in [0.25, 0.3) is 0 Å². The molecular weight excluding hydrogens is 396 g/mol. The quantitative estimate of drug-likeness (QED) is 0.108. The maximum Gasteiger partial charge on any atom is 0.303 e. The Morgan fingerprint density at radius 2 is 1.12 bits per heavy atom. The molecule has 0 amide bonds. The topological polar surface area (TPSA) is 57.5 Å². The molecule has 0 aliphatic carbocycles. The van der Waals surface area contributed by atoms with E-state index in [9.17, 15) is 9.90 Å². The van der Waals surface area contributed by atoms with Gasteiger partial charge in [0.1, 0.15) is 0 Å². The Balaban J connectivity index is 3.22. The van der Waals surface area contributed by atoms with Crippen LogP contribution in [0.15, 0.2) is 24.3 Å². The minimum atomic E-state index is -0.663. The number of carbonyl (C=O) groups is 1. The Morgan fingerprint density at radius 3 is 1.62 bits per heavy atom. The lowest BCUT2D eigenvalue weighted by Crippen LogP contribution is -2.04. The number of hydrogen-bond donors (Lipinski definition) is 2. The van der Waals surface area contributed by atoms with Crippen LogP contribution in [0.4, 0.5) is 0 Å². The van der Waals surface area contributed by atoms with Gasteiger partial charge >= 0.3 is 5.97 Å². The Labute approximate surface area is 199 Å². The summed E-state index contributed by atoms with van der Waals surface area (Å²) in [6.07, 6.45) is 34.3. The first-order valence-corrected chi connectivity index (χ1v) is 13.9. The van der Waals surface area contributed by atoms with E-state index in [1.54, 1.807) is 0 Å². The highest BCUT2D eigenvalue weighted by Gasteiger charge is 2.01. The van der Waals surface area contributed by atoms with Gasteiger partial charge in [-0.3, -0.25) is 4.79 Å². The molecule has 2 N–H and O–H groups in total. The lowest BCUT2D eigenvalue weighted by atomic mass is 10.0. The molecule has 0 aliphatic heterocycles. The zero-order valence-electron chi connectivity index (χ0n) is 21.2. The van der Waals surface area contributed by atoms with Crippen LogP contribution in [0.1, 0.15) is 148 Å². The molecule has 3 heteroatoms. The van der Waals surface area contributed by atoms with Gasteiger partial charge in [0.15, 0.2) is 0 Å². The molecule has 188 valence electrons. The first kappa shape index (κ1) is 30.9. The second-order valence-electron chi connectivity index (χ2n) is 9.45. The van der Waals surface area contributed by atoms with E-state index in [4.69, 9.17) is 5.11 Å². The largest absolute Gasteiger partial charge is 0.481 e. The van der Waals surface area contributed by atoms with Gasteiger partial charge in [0, 0.05) is 6.42 Å². The summed E-state index contributed by atoms with van der Waals surface area (Å²) in [4.78, 5) is 10.4. The summed E-state index contributed by atoms with van der Waals surface area (Å²) in [5.74, 6) is -0.663. The summed E-state index contributed by atoms with van der Waals surface area (Å²) in [6.45, 7) is 2.22. The average molecular weight is 451 g/mol. The summed E-state index contributed by atoms with van der Waals surface area (Å²) in [5.41, 5.74) is 0. The van der Waals surface area contributed by atoms with Gasteiger partial charge in [-0.05, 0) is 32.1 Å². The van der Waals surface area contributed by atoms with E-state index in [1.165, 1.54) is 96.3 Å². The molecule has 3 nitrogen and oxygen atoms in total. The zero-order chi connectivity index (χ0) is 23.5. The SMILES string of the molecule is CCCCC=CCC=CCC(O)CCCCCCCCCCCCCCCCCC(=O)O. The number of rotatable bonds is 25. The van der Waals surface area contributed by atoms with Gasteiger partial charge in [-0.2, -0.15) is 0 Å². The fraction of sp³-hybridized carbons (Fsp3) is 0.828. The van der Waals surface area contributed by atoms with Crippen LogP contribution in [0, 0.1) is 0 Å². The second kappa shape index (κ2) is 26.2. The smallest absolute Gasteiger partial charge is 0.303 e. The van der Waals surface area contributed by atoms with Crippen molar-refractivity contribution in [2.75, 3.05) is 0 Å². The Bertz CT molecular complexity index is 442. The highest BCUT2D eigenvalue weighted by Crippen LogP contribution is 2.15. The molecule has 0 saturated heterocycles. The van der Waals surface area contributed by atoms with Gasteiger partial charge in [-0.25, -0.2) is 0 Å². The third kappa shape index (κ3) is 26.9. The molecule has 32 heavy (non-hydrogen) atoms. The summed E-state index contributed by atoms with van der Waals surface area (Å²) in [5, 5.41) is 18.7. The lowest BCUT2D eigenvalue weighted by molar-refractivity contribution is -0.137. The summed E-state index contributed by atoms with van der Waals surface area (Å²) >= 11 is 0. The number of hydrogen-bond acceptors (Lipinski definition) is 2. The van der Waals surface area contributed by atoms with Crippen molar-refractivity contribution < 1.29 is 15.0 Å². The Hall–Kier alpha value is -1.09. The fourth-order valence-corrected chi connectivity index (χ4v) is 4.04. The van der Waals surface area contributed by atoms with E-state index in [1.807, 2.05) is 0 Å². The van der Waals surface area contributed by atoms with Gasteiger partial charge in [-0.1, -0.05) is 134 Å². The molecule has 0 spiro atoms. The highest BCUT2D eigenvalue weighted by molar-refractivity contribution is 5.66. The first-order valence-electron chi connectivity index (χ1n) is 13.9. The number of aliphatic hydroxyl groups is 1. The van der Waals surface area contributed by atoms with Crippen LogP contribution in [0.5, 0.6) is 0 Å². The molecule has 0 radical (unpaired) electrons.